The standard InChI is InChI=1S/C9H19NO5S2/c1-10(3-7(16)17)2-5(12)8(14)9(15)6(13)4-11/h5-6,8-9,11-15H,2-4H2,1H3,(H,16,17)/t5-,6+,8+,9+/m0/s1. The van der Waals surface area contributed by atoms with E-state index < -0.39 is 31.0 Å². The van der Waals surface area contributed by atoms with Crippen LogP contribution >= 0.6 is 24.8 Å². The van der Waals surface area contributed by atoms with Crippen LogP contribution in [0.25, 0.3) is 0 Å². The summed E-state index contributed by atoms with van der Waals surface area (Å²) in [5.74, 6) is 0. The summed E-state index contributed by atoms with van der Waals surface area (Å²) in [7, 11) is 1.66. The van der Waals surface area contributed by atoms with E-state index in [2.05, 4.69) is 12.6 Å². The van der Waals surface area contributed by atoms with Gasteiger partial charge in [-0.3, -0.25) is 4.90 Å². The molecule has 0 amide bonds. The van der Waals surface area contributed by atoms with Crippen LogP contribution < -0.4 is 0 Å². The minimum Gasteiger partial charge on any atom is -0.394 e. The molecule has 0 aromatic carbocycles. The molecule has 0 aliphatic heterocycles. The zero-order valence-electron chi connectivity index (χ0n) is 9.47. The predicted molar refractivity (Wildman–Crippen MR) is 70.2 cm³/mol. The van der Waals surface area contributed by atoms with E-state index in [4.69, 9.17) is 22.4 Å². The lowest BCUT2D eigenvalue weighted by atomic mass is 10.0. The lowest BCUT2D eigenvalue weighted by Gasteiger charge is -2.28. The molecule has 102 valence electrons. The Balaban J connectivity index is 4.20. The molecule has 0 spiro atoms. The zero-order valence-corrected chi connectivity index (χ0v) is 11.2. The van der Waals surface area contributed by atoms with E-state index >= 15 is 0 Å². The second-order valence-corrected chi connectivity index (χ2v) is 5.22. The number of aliphatic hydroxyl groups is 5. The van der Waals surface area contributed by atoms with Crippen LogP contribution in [0.4, 0.5) is 0 Å². The van der Waals surface area contributed by atoms with E-state index in [1.165, 1.54) is 0 Å². The molecular formula is C9H19NO5S2. The third-order valence-electron chi connectivity index (χ3n) is 2.23. The third-order valence-corrected chi connectivity index (χ3v) is 2.50. The summed E-state index contributed by atoms with van der Waals surface area (Å²) in [6.07, 6.45) is -5.91. The predicted octanol–water partition coefficient (Wildman–Crippen LogP) is -2.39. The molecule has 8 heteroatoms. The first-order valence-corrected chi connectivity index (χ1v) is 5.88. The normalized spacial score (nSPS) is 18.8. The van der Waals surface area contributed by atoms with Gasteiger partial charge < -0.3 is 25.5 Å². The minimum atomic E-state index is -1.61. The lowest BCUT2D eigenvalue weighted by Crippen LogP contribution is -2.49. The minimum absolute atomic E-state index is 0.0527. The Labute approximate surface area is 111 Å². The van der Waals surface area contributed by atoms with Crippen molar-refractivity contribution >= 4 is 29.0 Å². The fourth-order valence-corrected chi connectivity index (χ4v) is 1.75. The van der Waals surface area contributed by atoms with Crippen molar-refractivity contribution in [2.24, 2.45) is 0 Å². The average molecular weight is 285 g/mol. The maximum absolute atomic E-state index is 9.60. The van der Waals surface area contributed by atoms with Crippen molar-refractivity contribution in [3.63, 3.8) is 0 Å². The Hall–Kier alpha value is 0.200. The maximum atomic E-state index is 9.60. The van der Waals surface area contributed by atoms with Crippen LogP contribution in [0.15, 0.2) is 0 Å². The fraction of sp³-hybridized carbons (Fsp3) is 0.889. The first-order valence-electron chi connectivity index (χ1n) is 5.03. The molecule has 0 fully saturated rings. The number of thiol groups is 1. The summed E-state index contributed by atoms with van der Waals surface area (Å²) in [6, 6.07) is 0. The number of rotatable bonds is 8. The molecule has 0 rings (SSSR count). The number of hydrogen-bond donors (Lipinski definition) is 6. The molecular weight excluding hydrogens is 266 g/mol. The molecule has 5 N–H and O–H groups in total. The highest BCUT2D eigenvalue weighted by Crippen LogP contribution is 2.06. The molecule has 4 atom stereocenters. The highest BCUT2D eigenvalue weighted by atomic mass is 32.1. The van der Waals surface area contributed by atoms with Crippen molar-refractivity contribution in [3.05, 3.63) is 0 Å². The van der Waals surface area contributed by atoms with Gasteiger partial charge in [-0.1, -0.05) is 12.2 Å². The van der Waals surface area contributed by atoms with Gasteiger partial charge in [-0.15, -0.1) is 12.6 Å². The molecule has 0 aromatic heterocycles. The van der Waals surface area contributed by atoms with Crippen LogP contribution in [-0.2, 0) is 0 Å². The van der Waals surface area contributed by atoms with Gasteiger partial charge in [0.05, 0.1) is 16.9 Å². The SMILES string of the molecule is CN(CC(=S)S)C[C@H](O)[C@@H](O)[C@H](O)[C@H](O)CO. The Morgan fingerprint density at radius 3 is 2.06 bits per heavy atom. The fourth-order valence-electron chi connectivity index (χ4n) is 1.29. The topological polar surface area (TPSA) is 104 Å². The van der Waals surface area contributed by atoms with Gasteiger partial charge in [0.1, 0.15) is 18.3 Å². The average Bonchev–Trinajstić information content (AvgIpc) is 2.24. The number of thiocarbonyl (C=S) groups is 1. The molecule has 0 aromatic rings. The van der Waals surface area contributed by atoms with Crippen molar-refractivity contribution in [3.8, 4) is 0 Å². The zero-order chi connectivity index (χ0) is 13.6. The summed E-state index contributed by atoms with van der Waals surface area (Å²) in [5.41, 5.74) is 0. The van der Waals surface area contributed by atoms with E-state index in [0.29, 0.717) is 10.7 Å². The highest BCUT2D eigenvalue weighted by Gasteiger charge is 2.30. The summed E-state index contributed by atoms with van der Waals surface area (Å²) in [5, 5.41) is 46.2. The molecule has 0 aliphatic carbocycles. The Bertz CT molecular complexity index is 243. The third kappa shape index (κ3) is 6.63. The Morgan fingerprint density at radius 2 is 1.65 bits per heavy atom. The van der Waals surface area contributed by atoms with Gasteiger partial charge in [-0.2, -0.15) is 0 Å². The van der Waals surface area contributed by atoms with Gasteiger partial charge in [-0.05, 0) is 7.05 Å². The lowest BCUT2D eigenvalue weighted by molar-refractivity contribution is -0.118. The van der Waals surface area contributed by atoms with Gasteiger partial charge in [0.25, 0.3) is 0 Å². The molecule has 0 bridgehead atoms. The number of nitrogens with zero attached hydrogens (tertiary/aromatic N) is 1. The van der Waals surface area contributed by atoms with Crippen LogP contribution in [0.1, 0.15) is 0 Å². The second-order valence-electron chi connectivity index (χ2n) is 3.89. The van der Waals surface area contributed by atoms with Crippen molar-refractivity contribution < 1.29 is 25.5 Å². The van der Waals surface area contributed by atoms with E-state index in [0.717, 1.165) is 0 Å². The van der Waals surface area contributed by atoms with Gasteiger partial charge >= 0.3 is 0 Å². The summed E-state index contributed by atoms with van der Waals surface area (Å²) in [6.45, 7) is -0.292. The highest BCUT2D eigenvalue weighted by molar-refractivity contribution is 8.11. The molecule has 17 heavy (non-hydrogen) atoms. The van der Waals surface area contributed by atoms with Gasteiger partial charge in [0.15, 0.2) is 0 Å². The van der Waals surface area contributed by atoms with E-state index in [-0.39, 0.29) is 6.54 Å². The van der Waals surface area contributed by atoms with E-state index in [1.54, 1.807) is 11.9 Å². The van der Waals surface area contributed by atoms with Crippen LogP contribution in [0, 0.1) is 0 Å². The van der Waals surface area contributed by atoms with Gasteiger partial charge in [0.2, 0.25) is 0 Å². The van der Waals surface area contributed by atoms with Crippen molar-refractivity contribution in [1.29, 1.82) is 0 Å². The van der Waals surface area contributed by atoms with Crippen molar-refractivity contribution in [1.82, 2.24) is 4.90 Å². The molecule has 0 saturated carbocycles. The summed E-state index contributed by atoms with van der Waals surface area (Å²) >= 11 is 8.68. The first-order chi connectivity index (χ1) is 7.79. The van der Waals surface area contributed by atoms with Crippen LogP contribution in [-0.4, -0.2) is 85.8 Å². The smallest absolute Gasteiger partial charge is 0.111 e. The monoisotopic (exact) mass is 285 g/mol. The van der Waals surface area contributed by atoms with Crippen LogP contribution in [0.2, 0.25) is 0 Å². The molecule has 6 nitrogen and oxygen atoms in total. The quantitative estimate of drug-likeness (QED) is 0.218. The van der Waals surface area contributed by atoms with Crippen LogP contribution in [0.3, 0.4) is 0 Å². The Morgan fingerprint density at radius 1 is 1.18 bits per heavy atom. The molecule has 0 unspecified atom stereocenters. The number of hydrogen-bond acceptors (Lipinski definition) is 7. The maximum Gasteiger partial charge on any atom is 0.111 e. The largest absolute Gasteiger partial charge is 0.394 e. The van der Waals surface area contributed by atoms with Crippen molar-refractivity contribution in [2.75, 3.05) is 26.7 Å². The Kier molecular flexibility index (Phi) is 8.43. The van der Waals surface area contributed by atoms with Gasteiger partial charge in [0, 0.05) is 13.1 Å². The molecule has 0 heterocycles. The number of likely N-dealkylation sites (N-methyl/N-ethyl adjacent to an activating group) is 1. The van der Waals surface area contributed by atoms with E-state index in [9.17, 15) is 15.3 Å². The van der Waals surface area contributed by atoms with Gasteiger partial charge in [-0.25, -0.2) is 0 Å². The van der Waals surface area contributed by atoms with Crippen LogP contribution in [0.5, 0.6) is 0 Å². The summed E-state index contributed by atoms with van der Waals surface area (Å²) in [4.78, 5) is 1.61. The van der Waals surface area contributed by atoms with E-state index in [1.807, 2.05) is 0 Å². The first kappa shape index (κ1) is 17.2. The number of aliphatic hydroxyl groups excluding tert-OH is 5. The molecule has 0 saturated heterocycles. The summed E-state index contributed by atoms with van der Waals surface area (Å²) < 4.78 is 0.435. The second kappa shape index (κ2) is 8.33. The molecule has 0 aliphatic rings. The molecule has 0 radical (unpaired) electrons. The van der Waals surface area contributed by atoms with Crippen molar-refractivity contribution in [2.45, 2.75) is 24.4 Å².